The van der Waals surface area contributed by atoms with Gasteiger partial charge in [-0.3, -0.25) is 4.79 Å². The van der Waals surface area contributed by atoms with Crippen LogP contribution in [0.4, 0.5) is 0 Å². The number of nitrogens with zero attached hydrogens (tertiary/aromatic N) is 1. The van der Waals surface area contributed by atoms with Gasteiger partial charge in [-0.15, -0.1) is 0 Å². The number of hydrogen-bond acceptors (Lipinski definition) is 3. The molecule has 2 aromatic rings. The molecule has 1 aliphatic heterocycles. The topological polar surface area (TPSA) is 32.3 Å². The Morgan fingerprint density at radius 1 is 1.23 bits per heavy atom. The van der Waals surface area contributed by atoms with Crippen LogP contribution in [0.25, 0.3) is 0 Å². The summed E-state index contributed by atoms with van der Waals surface area (Å²) in [6.07, 6.45) is 6.96. The fourth-order valence-corrected chi connectivity index (χ4v) is 5.77. The van der Waals surface area contributed by atoms with Crippen molar-refractivity contribution in [3.05, 3.63) is 57.3 Å². The minimum Gasteiger partial charge on any atom is -0.331 e. The Labute approximate surface area is 159 Å². The second kappa shape index (κ2) is 6.50. The van der Waals surface area contributed by atoms with Gasteiger partial charge in [0, 0.05) is 18.2 Å². The Balaban J connectivity index is 1.46. The van der Waals surface area contributed by atoms with Crippen molar-refractivity contribution in [2.45, 2.75) is 51.1 Å². The minimum absolute atomic E-state index is 0.260. The third-order valence-electron chi connectivity index (χ3n) is 6.69. The zero-order chi connectivity index (χ0) is 17.6. The molecule has 1 atom stereocenters. The van der Waals surface area contributed by atoms with Gasteiger partial charge in [-0.25, -0.2) is 0 Å². The van der Waals surface area contributed by atoms with Crippen molar-refractivity contribution in [1.82, 2.24) is 10.2 Å². The van der Waals surface area contributed by atoms with Gasteiger partial charge in [0.25, 0.3) is 5.91 Å². The molecule has 1 N–H and O–H groups in total. The molecule has 1 unspecified atom stereocenters. The Hall–Kier alpha value is -1.65. The van der Waals surface area contributed by atoms with Gasteiger partial charge in [0.2, 0.25) is 0 Å². The van der Waals surface area contributed by atoms with Crippen molar-refractivity contribution in [3.63, 3.8) is 0 Å². The molecular formula is C22H26N2OS. The summed E-state index contributed by atoms with van der Waals surface area (Å²) in [5.41, 5.74) is 5.30. The molecule has 5 rings (SSSR count). The molecule has 3 aliphatic rings. The molecule has 136 valence electrons. The second-order valence-corrected chi connectivity index (χ2v) is 8.97. The van der Waals surface area contributed by atoms with E-state index in [0.29, 0.717) is 11.5 Å². The first-order chi connectivity index (χ1) is 12.8. The van der Waals surface area contributed by atoms with Crippen LogP contribution in [0.5, 0.6) is 0 Å². The number of thiophene rings is 1. The van der Waals surface area contributed by atoms with E-state index in [1.165, 1.54) is 42.4 Å². The van der Waals surface area contributed by atoms with Crippen molar-refractivity contribution in [2.75, 3.05) is 13.1 Å². The Morgan fingerprint density at radius 2 is 2.12 bits per heavy atom. The number of carbonyl (C=O) groups is 1. The molecule has 0 radical (unpaired) electrons. The molecule has 2 aliphatic carbocycles. The molecule has 1 amide bonds. The number of fused-ring (bicyclic) bond motifs is 1. The average Bonchev–Trinajstić information content (AvgIpc) is 3.08. The summed E-state index contributed by atoms with van der Waals surface area (Å²) in [5, 5.41) is 7.78. The molecule has 2 heterocycles. The largest absolute Gasteiger partial charge is 0.331 e. The first kappa shape index (κ1) is 16.5. The van der Waals surface area contributed by atoms with Crippen LogP contribution in [-0.4, -0.2) is 29.9 Å². The third-order valence-corrected chi connectivity index (χ3v) is 7.42. The number of amides is 1. The van der Waals surface area contributed by atoms with Crippen molar-refractivity contribution >= 4 is 17.2 Å². The number of rotatable bonds is 4. The maximum atomic E-state index is 13.7. The fourth-order valence-electron chi connectivity index (χ4n) is 5.11. The number of carbonyl (C=O) groups excluding carboxylic acids is 1. The molecule has 1 aromatic carbocycles. The Morgan fingerprint density at radius 3 is 2.92 bits per heavy atom. The average molecular weight is 367 g/mol. The van der Waals surface area contributed by atoms with Crippen LogP contribution in [-0.2, 0) is 19.4 Å². The van der Waals surface area contributed by atoms with Crippen LogP contribution in [0.3, 0.4) is 0 Å². The lowest BCUT2D eigenvalue weighted by Crippen LogP contribution is -2.39. The van der Waals surface area contributed by atoms with Crippen molar-refractivity contribution in [1.29, 1.82) is 0 Å². The summed E-state index contributed by atoms with van der Waals surface area (Å²) in [5.74, 6) is 0.260. The van der Waals surface area contributed by atoms with E-state index >= 15 is 0 Å². The van der Waals surface area contributed by atoms with E-state index in [-0.39, 0.29) is 5.91 Å². The number of piperidine rings is 1. The highest BCUT2D eigenvalue weighted by atomic mass is 32.1. The van der Waals surface area contributed by atoms with E-state index in [1.807, 2.05) is 0 Å². The molecular weight excluding hydrogens is 340 g/mol. The molecule has 26 heavy (non-hydrogen) atoms. The van der Waals surface area contributed by atoms with E-state index in [9.17, 15) is 4.79 Å². The molecule has 1 saturated heterocycles. The normalized spacial score (nSPS) is 23.0. The highest BCUT2D eigenvalue weighted by Crippen LogP contribution is 2.56. The monoisotopic (exact) mass is 366 g/mol. The van der Waals surface area contributed by atoms with Crippen LogP contribution in [0.15, 0.2) is 35.0 Å². The number of benzene rings is 1. The number of aryl methyl sites for hydroxylation is 1. The smallest absolute Gasteiger partial charge is 0.254 e. The van der Waals surface area contributed by atoms with Crippen molar-refractivity contribution in [3.8, 4) is 0 Å². The first-order valence-electron chi connectivity index (χ1n) is 9.90. The summed E-state index contributed by atoms with van der Waals surface area (Å²) in [4.78, 5) is 15.9. The van der Waals surface area contributed by atoms with Gasteiger partial charge in [0.15, 0.2) is 0 Å². The maximum absolute atomic E-state index is 13.7. The highest BCUT2D eigenvalue weighted by molar-refractivity contribution is 7.07. The lowest BCUT2D eigenvalue weighted by atomic mass is 9.93. The molecule has 4 heteroatoms. The van der Waals surface area contributed by atoms with Gasteiger partial charge in [-0.2, -0.15) is 11.3 Å². The maximum Gasteiger partial charge on any atom is 0.254 e. The van der Waals surface area contributed by atoms with E-state index in [4.69, 9.17) is 0 Å². The zero-order valence-corrected chi connectivity index (χ0v) is 16.0. The predicted octanol–water partition coefficient (Wildman–Crippen LogP) is 4.02. The Kier molecular flexibility index (Phi) is 4.13. The van der Waals surface area contributed by atoms with Gasteiger partial charge in [0.1, 0.15) is 0 Å². The van der Waals surface area contributed by atoms with Crippen LogP contribution >= 0.6 is 11.3 Å². The second-order valence-electron chi connectivity index (χ2n) is 8.19. The lowest BCUT2D eigenvalue weighted by molar-refractivity contribution is 0.0691. The standard InChI is InChI=1S/C22H26N2OS/c25-21(19-6-2-4-17-3-1-5-18(17)19)24(14-16-7-12-26-15-16)20-13-22(20)8-10-23-11-9-22/h2,4,6-7,12,15,20,23H,1,3,5,8-11,13-14H2. The molecule has 1 aromatic heterocycles. The zero-order valence-electron chi connectivity index (χ0n) is 15.2. The van der Waals surface area contributed by atoms with Gasteiger partial charge in [-0.1, -0.05) is 12.1 Å². The minimum atomic E-state index is 0.260. The number of nitrogens with one attached hydrogen (secondary N) is 1. The van der Waals surface area contributed by atoms with E-state index < -0.39 is 0 Å². The van der Waals surface area contributed by atoms with Crippen molar-refractivity contribution < 1.29 is 4.79 Å². The SMILES string of the molecule is O=C(c1cccc2c1CCC2)N(Cc1ccsc1)C1CC12CCNCC2. The van der Waals surface area contributed by atoms with Crippen LogP contribution in [0.1, 0.15) is 52.7 Å². The third kappa shape index (κ3) is 2.80. The molecule has 0 bridgehead atoms. The van der Waals surface area contributed by atoms with E-state index in [0.717, 1.165) is 38.0 Å². The molecule has 1 saturated carbocycles. The molecule has 2 fully saturated rings. The summed E-state index contributed by atoms with van der Waals surface area (Å²) in [6.45, 7) is 2.95. The van der Waals surface area contributed by atoms with Gasteiger partial charge >= 0.3 is 0 Å². The molecule has 3 nitrogen and oxygen atoms in total. The van der Waals surface area contributed by atoms with E-state index in [2.05, 4.69) is 45.2 Å². The quantitative estimate of drug-likeness (QED) is 0.886. The molecule has 1 spiro atoms. The summed E-state index contributed by atoms with van der Waals surface area (Å²) >= 11 is 1.72. The highest BCUT2D eigenvalue weighted by Gasteiger charge is 2.57. The van der Waals surface area contributed by atoms with Crippen LogP contribution in [0.2, 0.25) is 0 Å². The van der Waals surface area contributed by atoms with Crippen LogP contribution in [0, 0.1) is 5.41 Å². The first-order valence-corrected chi connectivity index (χ1v) is 10.8. The van der Waals surface area contributed by atoms with Gasteiger partial charge in [0.05, 0.1) is 0 Å². The van der Waals surface area contributed by atoms with Crippen LogP contribution < -0.4 is 5.32 Å². The van der Waals surface area contributed by atoms with Gasteiger partial charge in [-0.05, 0) is 96.6 Å². The fraction of sp³-hybridized carbons (Fsp3) is 0.500. The summed E-state index contributed by atoms with van der Waals surface area (Å²) in [7, 11) is 0. The summed E-state index contributed by atoms with van der Waals surface area (Å²) < 4.78 is 0. The van der Waals surface area contributed by atoms with Gasteiger partial charge < -0.3 is 10.2 Å². The Bertz CT molecular complexity index is 808. The van der Waals surface area contributed by atoms with Crippen molar-refractivity contribution in [2.24, 2.45) is 5.41 Å². The number of hydrogen-bond donors (Lipinski definition) is 1. The lowest BCUT2D eigenvalue weighted by Gasteiger charge is -2.30. The predicted molar refractivity (Wildman–Crippen MR) is 106 cm³/mol. The summed E-state index contributed by atoms with van der Waals surface area (Å²) in [6, 6.07) is 8.91. The van der Waals surface area contributed by atoms with E-state index in [1.54, 1.807) is 11.3 Å².